The van der Waals surface area contributed by atoms with Crippen LogP contribution in [0.15, 0.2) is 68.6 Å². The molecule has 0 saturated carbocycles. The van der Waals surface area contributed by atoms with Gasteiger partial charge in [-0.3, -0.25) is 9.79 Å². The number of amidine groups is 1. The Morgan fingerprint density at radius 2 is 1.75 bits per heavy atom. The van der Waals surface area contributed by atoms with Gasteiger partial charge in [-0.25, -0.2) is 9.38 Å². The molecule has 1 atom stereocenters. The molecule has 3 heterocycles. The molecule has 1 aromatic rings. The van der Waals surface area contributed by atoms with Crippen LogP contribution in [-0.2, 0) is 16.6 Å². The van der Waals surface area contributed by atoms with E-state index in [0.29, 0.717) is 23.4 Å². The van der Waals surface area contributed by atoms with Gasteiger partial charge >= 0.3 is 31.1 Å². The largest absolute Gasteiger partial charge is 2.00 e. The Labute approximate surface area is 288 Å². The van der Waals surface area contributed by atoms with Gasteiger partial charge in [0.1, 0.15) is 11.3 Å². The first kappa shape index (κ1) is 41.4. The van der Waals surface area contributed by atoms with Crippen LogP contribution in [0.2, 0.25) is 0 Å². The summed E-state index contributed by atoms with van der Waals surface area (Å²) in [6, 6.07) is 3.80. The number of hydrogen-bond acceptors (Lipinski definition) is 4. The molecule has 1 aromatic heterocycles. The molecule has 240 valence electrons. The Morgan fingerprint density at radius 1 is 1.16 bits per heavy atom. The molecule has 8 nitrogen and oxygen atoms in total. The number of pyridine rings is 1. The average Bonchev–Trinajstić information content (AvgIpc) is 2.91. The van der Waals surface area contributed by atoms with Crippen molar-refractivity contribution >= 4 is 30.1 Å². The van der Waals surface area contributed by atoms with Crippen LogP contribution in [0.1, 0.15) is 75.7 Å². The van der Waals surface area contributed by atoms with E-state index in [-0.39, 0.29) is 48.1 Å². The molecular weight excluding hydrogens is 781 g/mol. The van der Waals surface area contributed by atoms with Crippen LogP contribution >= 0.6 is 0 Å². The topological polar surface area (TPSA) is 82.6 Å². The van der Waals surface area contributed by atoms with E-state index in [1.165, 1.54) is 12.0 Å². The second kappa shape index (κ2) is 20.5. The molecule has 2 fully saturated rings. The Morgan fingerprint density at radius 3 is 2.23 bits per heavy atom. The third kappa shape index (κ3) is 12.8. The predicted octanol–water partition coefficient (Wildman–Crippen LogP) is 6.53. The first-order chi connectivity index (χ1) is 20.4. The number of likely N-dealkylation sites (tertiary alicyclic amines) is 1. The van der Waals surface area contributed by atoms with Crippen molar-refractivity contribution in [3.05, 3.63) is 65.1 Å². The number of aryl methyl sites for hydroxylation is 1. The molecule has 0 N–H and O–H groups in total. The molecule has 0 radical (unpaired) electrons. The van der Waals surface area contributed by atoms with Gasteiger partial charge in [0.15, 0.2) is 5.84 Å². The number of hydrogen-bond donors (Lipinski definition) is 0. The van der Waals surface area contributed by atoms with Gasteiger partial charge in [0.05, 0.1) is 11.4 Å². The van der Waals surface area contributed by atoms with Crippen LogP contribution in [0.3, 0.4) is 0 Å². The van der Waals surface area contributed by atoms with E-state index in [2.05, 4.69) is 54.5 Å². The van der Waals surface area contributed by atoms with Gasteiger partial charge in [-0.15, -0.1) is 0 Å². The van der Waals surface area contributed by atoms with E-state index in [1.54, 1.807) is 24.8 Å². The normalized spacial score (nSPS) is 17.8. The van der Waals surface area contributed by atoms with Crippen molar-refractivity contribution in [1.29, 1.82) is 0 Å². The Bertz CT molecular complexity index is 1290. The first-order valence-corrected chi connectivity index (χ1v) is 15.0. The molecular formula is C34H51FN6O2U. The zero-order chi connectivity index (χ0) is 32.7. The number of aromatic nitrogens is 1. The summed E-state index contributed by atoms with van der Waals surface area (Å²) in [6.07, 6.45) is 10.3. The molecule has 2 aliphatic heterocycles. The molecule has 2 amide bonds. The maximum absolute atomic E-state index is 15.0. The minimum absolute atomic E-state index is 0. The molecule has 0 aliphatic carbocycles. The average molecular weight is 833 g/mol. The zero-order valence-corrected chi connectivity index (χ0v) is 32.7. The fourth-order valence-electron chi connectivity index (χ4n) is 4.59. The van der Waals surface area contributed by atoms with Crippen LogP contribution in [0.5, 0.6) is 0 Å². The third-order valence-corrected chi connectivity index (χ3v) is 6.80. The Kier molecular flexibility index (Phi) is 19.3. The number of carbonyl (C=O) groups excluding carboxylic acids is 2. The quantitative estimate of drug-likeness (QED) is 0.0935. The number of amides is 2. The molecule has 1 unspecified atom stereocenters. The summed E-state index contributed by atoms with van der Waals surface area (Å²) in [5, 5.41) is 0. The van der Waals surface area contributed by atoms with Crippen LogP contribution in [0.25, 0.3) is 0 Å². The number of anilines is 1. The standard InChI is InChI=1S/C28H36FN6O2.C4H9.C2H6.U/c1-7-20(3)11-21(4)31-22(5)25(29)12-23(8-2)27(30-18-36)32-26-10-9-24(13-33(26)6)35-16-28(17-35)14-34(15-28)19-37;1-4(2)3;1-2;/h8-13,18,20H,7,14-17H2,1-6H3;1-3H3;1-2H3;/q2*-1;;+2/b21-11-,23-8+,25-12+,30-27?,31-22-,32-26?;;;. The van der Waals surface area contributed by atoms with Gasteiger partial charge in [-0.1, -0.05) is 46.3 Å². The van der Waals surface area contributed by atoms with Crippen LogP contribution in [0.4, 0.5) is 10.1 Å². The second-order valence-electron chi connectivity index (χ2n) is 11.5. The van der Waals surface area contributed by atoms with Gasteiger partial charge in [0.25, 0.3) is 0 Å². The maximum Gasteiger partial charge on any atom is 2.00 e. The summed E-state index contributed by atoms with van der Waals surface area (Å²) in [5.74, 6) is 1.36. The molecule has 2 saturated heterocycles. The van der Waals surface area contributed by atoms with Crippen molar-refractivity contribution in [2.75, 3.05) is 31.1 Å². The van der Waals surface area contributed by atoms with Crippen LogP contribution in [0, 0.1) is 48.4 Å². The molecule has 0 bridgehead atoms. The Balaban J connectivity index is 0.00000244. The Hall–Kier alpha value is -2.57. The minimum atomic E-state index is -0.521. The summed E-state index contributed by atoms with van der Waals surface area (Å²) in [7, 11) is 1.86. The number of nitrogens with zero attached hydrogens (tertiary/aromatic N) is 6. The molecule has 3 rings (SSSR count). The van der Waals surface area contributed by atoms with Crippen molar-refractivity contribution in [2.45, 2.75) is 75.7 Å². The third-order valence-electron chi connectivity index (χ3n) is 6.80. The predicted molar refractivity (Wildman–Crippen MR) is 177 cm³/mol. The number of allylic oxidation sites excluding steroid dienone is 4. The van der Waals surface area contributed by atoms with E-state index < -0.39 is 5.83 Å². The first-order valence-electron chi connectivity index (χ1n) is 15.0. The van der Waals surface area contributed by atoms with Gasteiger partial charge < -0.3 is 25.1 Å². The van der Waals surface area contributed by atoms with Crippen molar-refractivity contribution in [3.8, 4) is 0 Å². The van der Waals surface area contributed by atoms with Gasteiger partial charge in [0, 0.05) is 43.0 Å². The monoisotopic (exact) mass is 832 g/mol. The smallest absolute Gasteiger partial charge is 0.520 e. The second-order valence-corrected chi connectivity index (χ2v) is 11.5. The van der Waals surface area contributed by atoms with E-state index in [1.807, 2.05) is 63.2 Å². The minimum Gasteiger partial charge on any atom is -0.520 e. The fourth-order valence-corrected chi connectivity index (χ4v) is 4.59. The molecule has 44 heavy (non-hydrogen) atoms. The molecule has 1 spiro atoms. The number of carbonyl (C=O) groups is 1. The van der Waals surface area contributed by atoms with E-state index in [9.17, 15) is 9.59 Å². The SMILES string of the molecule is CC.C[C-](C)C.C\C=C(/C=C(F)\C(C)=N/C(C)=C\C(C)CC)C(=NC=O)N=c1ccc(N2CC3(CN([C-]=O)C3)C2)cn1C.[U+2]. The summed E-state index contributed by atoms with van der Waals surface area (Å²) < 4.78 is 16.8. The number of aliphatic imine (C=N–C) groups is 2. The summed E-state index contributed by atoms with van der Waals surface area (Å²) >= 11 is 0. The van der Waals surface area contributed by atoms with Crippen molar-refractivity contribution in [1.82, 2.24) is 9.47 Å². The molecule has 10 heteroatoms. The van der Waals surface area contributed by atoms with Crippen molar-refractivity contribution in [2.24, 2.45) is 33.4 Å². The van der Waals surface area contributed by atoms with Crippen molar-refractivity contribution in [3.63, 3.8) is 0 Å². The fraction of sp³-hybridized carbons (Fsp3) is 0.529. The van der Waals surface area contributed by atoms with Gasteiger partial charge in [-0.2, -0.15) is 32.2 Å². The molecule has 2 aliphatic rings. The summed E-state index contributed by atoms with van der Waals surface area (Å²) in [6.45, 7) is 22.9. The van der Waals surface area contributed by atoms with Crippen LogP contribution < -0.4 is 10.4 Å². The van der Waals surface area contributed by atoms with E-state index >= 15 is 4.39 Å². The van der Waals surface area contributed by atoms with Crippen molar-refractivity contribution < 1.29 is 45.1 Å². The molecule has 0 aromatic carbocycles. The van der Waals surface area contributed by atoms with Crippen LogP contribution in [-0.4, -0.2) is 60.0 Å². The van der Waals surface area contributed by atoms with E-state index in [0.717, 1.165) is 44.0 Å². The van der Waals surface area contributed by atoms with E-state index in [4.69, 9.17) is 0 Å². The van der Waals surface area contributed by atoms with Gasteiger partial charge in [0.2, 0.25) is 6.41 Å². The van der Waals surface area contributed by atoms with Gasteiger partial charge in [-0.05, 0) is 58.0 Å². The number of rotatable bonds is 9. The number of halogens is 1. The zero-order valence-electron chi connectivity index (χ0n) is 28.5. The maximum atomic E-state index is 15.0. The summed E-state index contributed by atoms with van der Waals surface area (Å²) in [5.41, 5.74) is 3.16. The summed E-state index contributed by atoms with van der Waals surface area (Å²) in [4.78, 5) is 38.7.